The number of benzene rings is 2. The summed E-state index contributed by atoms with van der Waals surface area (Å²) in [5.41, 5.74) is 0.869. The third-order valence-corrected chi connectivity index (χ3v) is 6.78. The van der Waals surface area contributed by atoms with Crippen LogP contribution in [0.4, 0.5) is 8.78 Å². The van der Waals surface area contributed by atoms with E-state index >= 15 is 0 Å². The van der Waals surface area contributed by atoms with Gasteiger partial charge in [0.25, 0.3) is 0 Å². The molecule has 1 saturated heterocycles. The van der Waals surface area contributed by atoms with Crippen LogP contribution in [0.5, 0.6) is 0 Å². The van der Waals surface area contributed by atoms with Gasteiger partial charge in [-0.05, 0) is 29.8 Å². The minimum absolute atomic E-state index is 0.0394. The van der Waals surface area contributed by atoms with E-state index in [1.54, 1.807) is 23.1 Å². The predicted molar refractivity (Wildman–Crippen MR) is 105 cm³/mol. The zero-order chi connectivity index (χ0) is 21.0. The van der Waals surface area contributed by atoms with Gasteiger partial charge in [0.15, 0.2) is 4.90 Å². The number of nitrogens with one attached hydrogen (secondary N) is 1. The van der Waals surface area contributed by atoms with Crippen molar-refractivity contribution in [3.63, 3.8) is 0 Å². The van der Waals surface area contributed by atoms with Gasteiger partial charge in [0, 0.05) is 37.7 Å². The van der Waals surface area contributed by atoms with Gasteiger partial charge in [-0.3, -0.25) is 9.69 Å². The van der Waals surface area contributed by atoms with Gasteiger partial charge in [-0.25, -0.2) is 17.2 Å². The van der Waals surface area contributed by atoms with Crippen LogP contribution in [0.25, 0.3) is 0 Å². The van der Waals surface area contributed by atoms with Crippen molar-refractivity contribution in [2.75, 3.05) is 32.7 Å². The number of carbonyl (C=O) groups is 1. The first-order chi connectivity index (χ1) is 13.8. The molecule has 2 aromatic rings. The third-order valence-electron chi connectivity index (χ3n) is 4.59. The second-order valence-electron chi connectivity index (χ2n) is 6.64. The van der Waals surface area contributed by atoms with Crippen molar-refractivity contribution in [3.05, 3.63) is 64.7 Å². The number of halogens is 3. The minimum atomic E-state index is -4.28. The van der Waals surface area contributed by atoms with E-state index in [2.05, 4.69) is 5.32 Å². The number of rotatable bonds is 6. The number of sulfonamides is 1. The first-order valence-electron chi connectivity index (χ1n) is 8.95. The number of piperazine rings is 1. The highest BCUT2D eigenvalue weighted by molar-refractivity contribution is 7.89. The van der Waals surface area contributed by atoms with Crippen LogP contribution in [0.2, 0.25) is 5.02 Å². The Hall–Kier alpha value is -2.07. The molecule has 0 unspecified atom stereocenters. The summed E-state index contributed by atoms with van der Waals surface area (Å²) in [7, 11) is -4.28. The Morgan fingerprint density at radius 2 is 1.66 bits per heavy atom. The molecule has 10 heteroatoms. The maximum absolute atomic E-state index is 13.9. The summed E-state index contributed by atoms with van der Waals surface area (Å²) in [4.78, 5) is 13.0. The Morgan fingerprint density at radius 3 is 2.28 bits per heavy atom. The molecule has 1 N–H and O–H groups in total. The normalized spacial score (nSPS) is 16.0. The molecule has 29 heavy (non-hydrogen) atoms. The molecule has 0 atom stereocenters. The standard InChI is InChI=1S/C19H20ClF2N3O3S/c20-15-4-1-3-14(11-15)12-23-18(26)13-24-7-9-25(10-8-24)29(27,28)19-16(21)5-2-6-17(19)22/h1-6,11H,7-10,12-13H2,(H,23,26). The molecule has 3 rings (SSSR count). The van der Waals surface area contributed by atoms with Crippen LogP contribution in [0, 0.1) is 11.6 Å². The maximum atomic E-state index is 13.9. The molecule has 6 nitrogen and oxygen atoms in total. The molecule has 1 heterocycles. The van der Waals surface area contributed by atoms with Crippen molar-refractivity contribution in [2.24, 2.45) is 0 Å². The molecule has 0 bridgehead atoms. The fourth-order valence-corrected chi connectivity index (χ4v) is 4.84. The van der Waals surface area contributed by atoms with E-state index in [1.165, 1.54) is 0 Å². The number of nitrogens with zero attached hydrogens (tertiary/aromatic N) is 2. The van der Waals surface area contributed by atoms with Crippen LogP contribution in [-0.4, -0.2) is 56.3 Å². The highest BCUT2D eigenvalue weighted by Gasteiger charge is 2.33. The number of hydrogen-bond donors (Lipinski definition) is 1. The largest absolute Gasteiger partial charge is 0.351 e. The minimum Gasteiger partial charge on any atom is -0.351 e. The summed E-state index contributed by atoms with van der Waals surface area (Å²) < 4.78 is 54.0. The van der Waals surface area contributed by atoms with Gasteiger partial charge < -0.3 is 5.32 Å². The monoisotopic (exact) mass is 443 g/mol. The third kappa shape index (κ3) is 5.30. The summed E-state index contributed by atoms with van der Waals surface area (Å²) in [5, 5.41) is 3.37. The zero-order valence-electron chi connectivity index (χ0n) is 15.4. The molecule has 0 aliphatic carbocycles. The fraction of sp³-hybridized carbons (Fsp3) is 0.316. The van der Waals surface area contributed by atoms with Gasteiger partial charge in [-0.1, -0.05) is 29.8 Å². The molecule has 1 amide bonds. The van der Waals surface area contributed by atoms with E-state index in [0.717, 1.165) is 28.1 Å². The number of carbonyl (C=O) groups excluding carboxylic acids is 1. The van der Waals surface area contributed by atoms with Gasteiger partial charge in [0.05, 0.1) is 6.54 Å². The van der Waals surface area contributed by atoms with Crippen molar-refractivity contribution in [3.8, 4) is 0 Å². The number of amides is 1. The van der Waals surface area contributed by atoms with Crippen LogP contribution in [0.15, 0.2) is 47.4 Å². The van der Waals surface area contributed by atoms with Crippen molar-refractivity contribution in [2.45, 2.75) is 11.4 Å². The molecule has 0 radical (unpaired) electrons. The lowest BCUT2D eigenvalue weighted by Gasteiger charge is -2.33. The molecular formula is C19H20ClF2N3O3S. The van der Waals surface area contributed by atoms with Gasteiger partial charge >= 0.3 is 0 Å². The Morgan fingerprint density at radius 1 is 1.03 bits per heavy atom. The van der Waals surface area contributed by atoms with E-state index in [-0.39, 0.29) is 38.6 Å². The molecular weight excluding hydrogens is 424 g/mol. The average Bonchev–Trinajstić information content (AvgIpc) is 2.66. The van der Waals surface area contributed by atoms with E-state index in [4.69, 9.17) is 11.6 Å². The molecule has 1 aliphatic rings. The van der Waals surface area contributed by atoms with Crippen molar-refractivity contribution in [1.82, 2.24) is 14.5 Å². The van der Waals surface area contributed by atoms with Crippen LogP contribution >= 0.6 is 11.6 Å². The van der Waals surface area contributed by atoms with Gasteiger partial charge in [-0.15, -0.1) is 0 Å². The molecule has 2 aromatic carbocycles. The summed E-state index contributed by atoms with van der Waals surface area (Å²) in [6.07, 6.45) is 0. The Balaban J connectivity index is 1.53. The molecule has 0 saturated carbocycles. The summed E-state index contributed by atoms with van der Waals surface area (Å²) in [6.45, 7) is 1.07. The highest BCUT2D eigenvalue weighted by Crippen LogP contribution is 2.23. The lowest BCUT2D eigenvalue weighted by atomic mass is 10.2. The fourth-order valence-electron chi connectivity index (χ4n) is 3.09. The lowest BCUT2D eigenvalue weighted by molar-refractivity contribution is -0.122. The van der Waals surface area contributed by atoms with E-state index < -0.39 is 26.6 Å². The maximum Gasteiger partial charge on any atom is 0.249 e. The van der Waals surface area contributed by atoms with Crippen molar-refractivity contribution >= 4 is 27.5 Å². The molecule has 156 valence electrons. The second-order valence-corrected chi connectivity index (χ2v) is 8.95. The molecule has 0 spiro atoms. The zero-order valence-corrected chi connectivity index (χ0v) is 17.0. The van der Waals surface area contributed by atoms with Crippen LogP contribution < -0.4 is 5.32 Å². The smallest absolute Gasteiger partial charge is 0.249 e. The predicted octanol–water partition coefficient (Wildman–Crippen LogP) is 2.24. The van der Waals surface area contributed by atoms with Gasteiger partial charge in [0.1, 0.15) is 11.6 Å². The van der Waals surface area contributed by atoms with Crippen molar-refractivity contribution in [1.29, 1.82) is 0 Å². The topological polar surface area (TPSA) is 69.7 Å². The Bertz CT molecular complexity index is 976. The highest BCUT2D eigenvalue weighted by atomic mass is 35.5. The SMILES string of the molecule is O=C(CN1CCN(S(=O)(=O)c2c(F)cccc2F)CC1)NCc1cccc(Cl)c1. The average molecular weight is 444 g/mol. The van der Waals surface area contributed by atoms with Gasteiger partial charge in [-0.2, -0.15) is 4.31 Å². The van der Waals surface area contributed by atoms with E-state index in [0.29, 0.717) is 11.6 Å². The Labute approximate surface area is 173 Å². The number of hydrogen-bond acceptors (Lipinski definition) is 4. The second kappa shape index (κ2) is 9.17. The van der Waals surface area contributed by atoms with Gasteiger partial charge in [0.2, 0.25) is 15.9 Å². The molecule has 1 fully saturated rings. The Kier molecular flexibility index (Phi) is 6.84. The summed E-state index contributed by atoms with van der Waals surface area (Å²) in [6, 6.07) is 10.1. The van der Waals surface area contributed by atoms with Crippen LogP contribution in [-0.2, 0) is 21.4 Å². The van der Waals surface area contributed by atoms with E-state index in [9.17, 15) is 22.0 Å². The first-order valence-corrected chi connectivity index (χ1v) is 10.8. The van der Waals surface area contributed by atoms with Crippen LogP contribution in [0.3, 0.4) is 0 Å². The summed E-state index contributed by atoms with van der Waals surface area (Å²) in [5.74, 6) is -2.44. The summed E-state index contributed by atoms with van der Waals surface area (Å²) >= 11 is 5.91. The van der Waals surface area contributed by atoms with Crippen molar-refractivity contribution < 1.29 is 22.0 Å². The molecule has 1 aliphatic heterocycles. The quantitative estimate of drug-likeness (QED) is 0.743. The van der Waals surface area contributed by atoms with E-state index in [1.807, 2.05) is 6.07 Å². The lowest BCUT2D eigenvalue weighted by Crippen LogP contribution is -2.51. The molecule has 0 aromatic heterocycles. The first kappa shape index (κ1) is 21.6. The van der Waals surface area contributed by atoms with Crippen LogP contribution in [0.1, 0.15) is 5.56 Å².